The fourth-order valence-electron chi connectivity index (χ4n) is 4.42. The second kappa shape index (κ2) is 17.1. The summed E-state index contributed by atoms with van der Waals surface area (Å²) in [5.74, 6) is 0.919. The minimum Gasteiger partial charge on any atom is -0.361 e. The number of nitrogens with zero attached hydrogens (tertiary/aromatic N) is 5. The van der Waals surface area contributed by atoms with Crippen molar-refractivity contribution < 1.29 is 17.7 Å². The molecule has 0 atom stereocenters. The van der Waals surface area contributed by atoms with Crippen molar-refractivity contribution in [2.45, 2.75) is 59.8 Å². The first-order valence-electron chi connectivity index (χ1n) is 15.2. The van der Waals surface area contributed by atoms with Crippen LogP contribution in [0.25, 0.3) is 31.2 Å². The van der Waals surface area contributed by atoms with Gasteiger partial charge in [-0.25, -0.2) is 9.97 Å². The van der Waals surface area contributed by atoms with Crippen LogP contribution in [-0.4, -0.2) is 31.2 Å². The molecule has 0 N–H and O–H groups in total. The first-order chi connectivity index (χ1) is 23.6. The molecule has 6 nitrogen and oxygen atoms in total. The smallest absolute Gasteiger partial charge is 0.361 e. The number of aromatic nitrogens is 5. The number of benzene rings is 1. The van der Waals surface area contributed by atoms with E-state index in [0.717, 1.165) is 53.4 Å². The van der Waals surface area contributed by atoms with Crippen molar-refractivity contribution in [3.05, 3.63) is 109 Å². The highest BCUT2D eigenvalue weighted by molar-refractivity contribution is 7.98. The number of alkyl halides is 3. The molecule has 7 aromatic rings. The van der Waals surface area contributed by atoms with Gasteiger partial charge in [0.25, 0.3) is 0 Å². The zero-order valence-electron chi connectivity index (χ0n) is 29.1. The summed E-state index contributed by atoms with van der Waals surface area (Å²) >= 11 is 12.5. The van der Waals surface area contributed by atoms with E-state index < -0.39 is 11.9 Å². The molecule has 0 unspecified atom stereocenters. The summed E-state index contributed by atoms with van der Waals surface area (Å²) in [5, 5.41) is 10.6. The maximum atomic E-state index is 12.5. The van der Waals surface area contributed by atoms with Crippen molar-refractivity contribution >= 4 is 67.5 Å². The van der Waals surface area contributed by atoms with Crippen LogP contribution >= 0.6 is 57.4 Å². The molecule has 6 aromatic heterocycles. The second-order valence-corrected chi connectivity index (χ2v) is 16.2. The number of rotatable bonds is 3. The van der Waals surface area contributed by atoms with Gasteiger partial charge in [0.15, 0.2) is 5.16 Å². The van der Waals surface area contributed by atoms with Crippen molar-refractivity contribution in [1.82, 2.24) is 24.9 Å². The van der Waals surface area contributed by atoms with Gasteiger partial charge in [-0.05, 0) is 120 Å². The van der Waals surface area contributed by atoms with E-state index in [4.69, 9.17) is 16.1 Å². The Labute approximate surface area is 311 Å². The number of fused-ring (bicyclic) bond motifs is 1. The summed E-state index contributed by atoms with van der Waals surface area (Å²) in [5.41, 5.74) is 4.16. The zero-order chi connectivity index (χ0) is 36.7. The highest BCUT2D eigenvalue weighted by atomic mass is 35.5. The molecule has 0 bridgehead atoms. The molecule has 0 amide bonds. The SMILES string of the molecule is CSc1nccc(-c2ccc(C)s2)n1.Cc1ccc(-c2cc(C(F)(F)F)n(C)n2)s1.Cc1noc(C)c1C.Cc1sc2ccc(Cl)cc2c1C. The van der Waals surface area contributed by atoms with Gasteiger partial charge in [-0.1, -0.05) is 28.5 Å². The number of thiophene rings is 3. The van der Waals surface area contributed by atoms with Gasteiger partial charge in [-0.2, -0.15) is 18.3 Å². The third-order valence-corrected chi connectivity index (χ3v) is 11.5. The molecule has 0 aliphatic carbocycles. The third-order valence-electron chi connectivity index (χ3n) is 7.50. The lowest BCUT2D eigenvalue weighted by Gasteiger charge is -2.04. The summed E-state index contributed by atoms with van der Waals surface area (Å²) in [7, 11) is 1.30. The number of hydrogen-bond acceptors (Lipinski definition) is 9. The molecule has 0 fully saturated rings. The van der Waals surface area contributed by atoms with E-state index in [0.29, 0.717) is 5.69 Å². The lowest BCUT2D eigenvalue weighted by atomic mass is 10.2. The Morgan fingerprint density at radius 3 is 1.92 bits per heavy atom. The minimum atomic E-state index is -4.35. The summed E-state index contributed by atoms with van der Waals surface area (Å²) in [4.78, 5) is 14.3. The van der Waals surface area contributed by atoms with Gasteiger partial charge < -0.3 is 4.52 Å². The first kappa shape index (κ1) is 39.3. The van der Waals surface area contributed by atoms with Gasteiger partial charge in [0, 0.05) is 43.2 Å². The Kier molecular flexibility index (Phi) is 13.5. The van der Waals surface area contributed by atoms with E-state index >= 15 is 0 Å². The monoisotopic (exact) mass is 775 g/mol. The molecular formula is C36H37ClF3N5OS4. The predicted molar refractivity (Wildman–Crippen MR) is 205 cm³/mol. The molecule has 0 spiro atoms. The van der Waals surface area contributed by atoms with Gasteiger partial charge >= 0.3 is 6.18 Å². The fourth-order valence-corrected chi connectivity index (χ4v) is 7.66. The molecule has 0 aliphatic rings. The van der Waals surface area contributed by atoms with Crippen molar-refractivity contribution in [2.24, 2.45) is 7.05 Å². The average Bonchev–Trinajstić information content (AvgIpc) is 3.91. The van der Waals surface area contributed by atoms with Gasteiger partial charge in [-0.3, -0.25) is 4.68 Å². The number of aryl methyl sites for hydroxylation is 7. The molecule has 264 valence electrons. The molecule has 7 rings (SSSR count). The van der Waals surface area contributed by atoms with Gasteiger partial charge in [0.2, 0.25) is 0 Å². The van der Waals surface area contributed by atoms with Crippen LogP contribution in [0, 0.1) is 48.5 Å². The topological polar surface area (TPSA) is 69.6 Å². The summed E-state index contributed by atoms with van der Waals surface area (Å²) < 4.78 is 44.6. The zero-order valence-corrected chi connectivity index (χ0v) is 33.1. The second-order valence-electron chi connectivity index (χ2n) is 11.2. The first-order valence-corrected chi connectivity index (χ1v) is 19.3. The Morgan fingerprint density at radius 1 is 0.800 bits per heavy atom. The van der Waals surface area contributed by atoms with Crippen molar-refractivity contribution in [3.8, 4) is 21.1 Å². The van der Waals surface area contributed by atoms with Crippen LogP contribution in [0.3, 0.4) is 0 Å². The normalized spacial score (nSPS) is 11.0. The maximum Gasteiger partial charge on any atom is 0.433 e. The average molecular weight is 776 g/mol. The Morgan fingerprint density at radius 2 is 1.44 bits per heavy atom. The van der Waals surface area contributed by atoms with E-state index in [9.17, 15) is 13.2 Å². The Hall–Kier alpha value is -3.49. The molecule has 0 saturated heterocycles. The van der Waals surface area contributed by atoms with E-state index in [-0.39, 0.29) is 0 Å². The summed E-state index contributed by atoms with van der Waals surface area (Å²) in [6, 6.07) is 16.9. The highest BCUT2D eigenvalue weighted by Gasteiger charge is 2.35. The van der Waals surface area contributed by atoms with Crippen LogP contribution in [0.5, 0.6) is 0 Å². The van der Waals surface area contributed by atoms with E-state index in [2.05, 4.69) is 59.2 Å². The number of thioether (sulfide) groups is 1. The van der Waals surface area contributed by atoms with E-state index in [1.165, 1.54) is 48.7 Å². The minimum absolute atomic E-state index is 0.368. The van der Waals surface area contributed by atoms with E-state index in [1.54, 1.807) is 29.2 Å². The number of hydrogen-bond donors (Lipinski definition) is 0. The fraction of sp³-hybridized carbons (Fsp3) is 0.278. The quantitative estimate of drug-likeness (QED) is 0.131. The van der Waals surface area contributed by atoms with Gasteiger partial charge in [-0.15, -0.1) is 34.0 Å². The predicted octanol–water partition coefficient (Wildman–Crippen LogP) is 12.5. The van der Waals surface area contributed by atoms with Gasteiger partial charge in [0.05, 0.1) is 21.1 Å². The Balaban J connectivity index is 0.000000154. The highest BCUT2D eigenvalue weighted by Crippen LogP contribution is 2.34. The molecule has 6 heterocycles. The molecule has 14 heteroatoms. The van der Waals surface area contributed by atoms with Crippen LogP contribution in [0.2, 0.25) is 5.02 Å². The van der Waals surface area contributed by atoms with Crippen molar-refractivity contribution in [3.63, 3.8) is 0 Å². The van der Waals surface area contributed by atoms with E-state index in [1.807, 2.05) is 75.7 Å². The summed E-state index contributed by atoms with van der Waals surface area (Å²) in [6.45, 7) is 14.1. The standard InChI is InChI=1S/C10H9ClS.C10H9F3N2S.C10H10N2S2.C6H9NO/c1-6-7(2)12-10-4-3-8(11)5-9(6)10;1-6-3-4-8(16-6)7-5-9(10(11,12)13)15(2)14-7;1-7-3-4-9(14-7)8-5-6-11-10(12-8)13-2;1-4-5(2)7-8-6(4)3/h3-5H,1-2H3;3-5H,1-2H3;3-6H,1-2H3;1-3H3. The lowest BCUT2D eigenvalue weighted by molar-refractivity contribution is -0.143. The number of halogens is 4. The molecule has 0 saturated carbocycles. The van der Waals surface area contributed by atoms with Crippen molar-refractivity contribution in [1.29, 1.82) is 0 Å². The van der Waals surface area contributed by atoms with Gasteiger partial charge in [0.1, 0.15) is 17.1 Å². The van der Waals surface area contributed by atoms with Crippen molar-refractivity contribution in [2.75, 3.05) is 6.26 Å². The van der Waals surface area contributed by atoms with Crippen LogP contribution in [0.4, 0.5) is 13.2 Å². The third kappa shape index (κ3) is 10.3. The molecule has 0 radical (unpaired) electrons. The molecular weight excluding hydrogens is 739 g/mol. The largest absolute Gasteiger partial charge is 0.433 e. The lowest BCUT2D eigenvalue weighted by Crippen LogP contribution is -2.11. The van der Waals surface area contributed by atoms with Crippen LogP contribution in [0.15, 0.2) is 70.5 Å². The van der Waals surface area contributed by atoms with Crippen LogP contribution < -0.4 is 0 Å². The molecule has 0 aliphatic heterocycles. The Bertz CT molecular complexity index is 2160. The van der Waals surface area contributed by atoms with Crippen LogP contribution in [0.1, 0.15) is 42.9 Å². The maximum absolute atomic E-state index is 12.5. The summed E-state index contributed by atoms with van der Waals surface area (Å²) in [6.07, 6.45) is -0.561. The van der Waals surface area contributed by atoms with Crippen LogP contribution in [-0.2, 0) is 13.2 Å². The molecule has 50 heavy (non-hydrogen) atoms. The molecule has 1 aromatic carbocycles.